The second-order valence-corrected chi connectivity index (χ2v) is 19.9. The quantitative estimate of drug-likeness (QED) is 0.333. The second kappa shape index (κ2) is 13.8. The van der Waals surface area contributed by atoms with Crippen LogP contribution in [0.1, 0.15) is 46.1 Å². The van der Waals surface area contributed by atoms with E-state index in [1.165, 1.54) is 15.9 Å². The molecule has 1 aromatic carbocycles. The van der Waals surface area contributed by atoms with E-state index in [0.29, 0.717) is 5.57 Å². The number of rotatable bonds is 11. The zero-order valence-electron chi connectivity index (χ0n) is 26.8. The van der Waals surface area contributed by atoms with E-state index < -0.39 is 35.5 Å². The van der Waals surface area contributed by atoms with Gasteiger partial charge in [0.15, 0.2) is 18.2 Å². The first-order valence-electron chi connectivity index (χ1n) is 14.7. The number of ether oxygens (including phenoxy) is 1. The highest BCUT2D eigenvalue weighted by Crippen LogP contribution is 2.37. The minimum absolute atomic E-state index is 0.0270. The number of benzene rings is 1. The summed E-state index contributed by atoms with van der Waals surface area (Å²) in [5, 5.41) is -1.02. The lowest BCUT2D eigenvalue weighted by Crippen LogP contribution is -2.45. The Morgan fingerprint density at radius 2 is 1.72 bits per heavy atom. The maximum atomic E-state index is 14.1. The van der Waals surface area contributed by atoms with Crippen LogP contribution in [-0.2, 0) is 35.1 Å². The largest absolute Gasteiger partial charge is 0.449 e. The Labute approximate surface area is 257 Å². The number of hydrogen-bond acceptors (Lipinski definition) is 7. The number of amides is 3. The van der Waals surface area contributed by atoms with Gasteiger partial charge in [0.2, 0.25) is 5.91 Å². The Bertz CT molecular complexity index is 1350. The van der Waals surface area contributed by atoms with E-state index in [4.69, 9.17) is 9.16 Å². The third kappa shape index (κ3) is 8.36. The molecule has 0 fully saturated rings. The zero-order valence-corrected chi connectivity index (χ0v) is 28.6. The molecule has 0 saturated carbocycles. The summed E-state index contributed by atoms with van der Waals surface area (Å²) in [6, 6.07) is 9.03. The highest BCUT2D eigenvalue weighted by Gasteiger charge is 2.42. The van der Waals surface area contributed by atoms with Gasteiger partial charge in [0.05, 0.1) is 30.3 Å². The van der Waals surface area contributed by atoms with Gasteiger partial charge in [-0.2, -0.15) is 0 Å². The van der Waals surface area contributed by atoms with Crippen molar-refractivity contribution >= 4 is 36.1 Å². The van der Waals surface area contributed by atoms with Gasteiger partial charge < -0.3 is 19.0 Å². The molecule has 0 aromatic heterocycles. The number of hydrogen-bond donors (Lipinski definition) is 0. The van der Waals surface area contributed by atoms with Crippen molar-refractivity contribution in [2.75, 3.05) is 39.6 Å². The van der Waals surface area contributed by atoms with Crippen LogP contribution >= 0.6 is 0 Å². The molecule has 0 radical (unpaired) electrons. The monoisotopic (exact) mass is 633 g/mol. The van der Waals surface area contributed by atoms with Crippen LogP contribution in [0.5, 0.6) is 0 Å². The molecule has 12 heteroatoms. The molecule has 0 bridgehead atoms. The van der Waals surface area contributed by atoms with Gasteiger partial charge in [-0.15, -0.1) is 0 Å². The summed E-state index contributed by atoms with van der Waals surface area (Å²) in [6.45, 7) is 13.2. The number of nitrogens with zero attached hydrogens (tertiary/aromatic N) is 3. The van der Waals surface area contributed by atoms with E-state index in [9.17, 15) is 22.8 Å². The molecule has 238 valence electrons. The molecule has 0 aliphatic carbocycles. The predicted octanol–water partition coefficient (Wildman–Crippen LogP) is 4.35. The average Bonchev–Trinajstić information content (AvgIpc) is 3.49. The van der Waals surface area contributed by atoms with Crippen molar-refractivity contribution in [1.29, 1.82) is 0 Å². The van der Waals surface area contributed by atoms with Crippen LogP contribution in [0, 0.1) is 0 Å². The lowest BCUT2D eigenvalue weighted by Gasteiger charge is -2.37. The molecular formula is C31H47N3O7SSi. The summed E-state index contributed by atoms with van der Waals surface area (Å²) in [4.78, 5) is 44.2. The first-order chi connectivity index (χ1) is 20.0. The molecule has 1 aromatic rings. The van der Waals surface area contributed by atoms with Gasteiger partial charge in [0.25, 0.3) is 5.91 Å². The van der Waals surface area contributed by atoms with Gasteiger partial charge in [-0.1, -0.05) is 57.2 Å². The molecule has 3 amide bonds. The highest BCUT2D eigenvalue weighted by atomic mass is 32.2. The van der Waals surface area contributed by atoms with Crippen molar-refractivity contribution in [3.8, 4) is 0 Å². The molecular weight excluding hydrogens is 587 g/mol. The van der Waals surface area contributed by atoms with E-state index in [1.54, 1.807) is 32.1 Å². The van der Waals surface area contributed by atoms with Gasteiger partial charge in [-0.25, -0.2) is 13.2 Å². The summed E-state index contributed by atoms with van der Waals surface area (Å²) in [5.41, 5.74) is 1.54. The van der Waals surface area contributed by atoms with Crippen molar-refractivity contribution in [2.24, 2.45) is 0 Å². The van der Waals surface area contributed by atoms with Crippen LogP contribution < -0.4 is 0 Å². The smallest absolute Gasteiger partial charge is 0.414 e. The van der Waals surface area contributed by atoms with Crippen LogP contribution in [0.2, 0.25) is 18.1 Å². The molecule has 2 atom stereocenters. The first-order valence-corrected chi connectivity index (χ1v) is 19.4. The minimum Gasteiger partial charge on any atom is -0.449 e. The fourth-order valence-corrected chi connectivity index (χ4v) is 7.61. The zero-order chi connectivity index (χ0) is 32.2. The van der Waals surface area contributed by atoms with Gasteiger partial charge >= 0.3 is 6.09 Å². The fourth-order valence-electron chi connectivity index (χ4n) is 4.88. The summed E-state index contributed by atoms with van der Waals surface area (Å²) < 4.78 is 37.6. The van der Waals surface area contributed by atoms with E-state index in [2.05, 4.69) is 33.9 Å². The Balaban J connectivity index is 1.87. The van der Waals surface area contributed by atoms with Crippen LogP contribution in [0.3, 0.4) is 0 Å². The normalized spacial score (nSPS) is 20.0. The molecule has 43 heavy (non-hydrogen) atoms. The van der Waals surface area contributed by atoms with Crippen LogP contribution in [0.15, 0.2) is 53.8 Å². The van der Waals surface area contributed by atoms with Gasteiger partial charge in [0, 0.05) is 51.0 Å². The molecule has 0 N–H and O–H groups in total. The molecule has 2 aliphatic rings. The standard InChI is InChI=1S/C31H47N3O7SSi/c1-9-40-30(37)34-21-24(19-25(34)22-41-43(7,8)31(2,3)4)28(35)33(20-23-13-11-10-12-14-23)17-15-27-26(29(36)32(5)6)16-18-42(27,38)39/h10-14,16,21,25,27H,9,15,17-20,22H2,1-8H3/t25-,27?/m0/s1. The summed E-state index contributed by atoms with van der Waals surface area (Å²) >= 11 is 0. The minimum atomic E-state index is -3.57. The van der Waals surface area contributed by atoms with Gasteiger partial charge in [0.1, 0.15) is 0 Å². The lowest BCUT2D eigenvalue weighted by molar-refractivity contribution is -0.128. The average molecular weight is 634 g/mol. The van der Waals surface area contributed by atoms with Crippen molar-refractivity contribution in [3.63, 3.8) is 0 Å². The Morgan fingerprint density at radius 3 is 2.30 bits per heavy atom. The second-order valence-electron chi connectivity index (χ2n) is 12.9. The number of carbonyl (C=O) groups excluding carboxylic acids is 3. The topological polar surface area (TPSA) is 114 Å². The van der Waals surface area contributed by atoms with Crippen LogP contribution in [-0.4, -0.2) is 100 Å². The van der Waals surface area contributed by atoms with Crippen molar-refractivity contribution in [3.05, 3.63) is 59.3 Å². The predicted molar refractivity (Wildman–Crippen MR) is 169 cm³/mol. The SMILES string of the molecule is CCOC(=O)N1C=C(C(=O)N(CCC2C(C(=O)N(C)C)=CCS2(=O)=O)Cc2ccccc2)C[C@H]1CO[Si](C)(C)C(C)(C)C. The Morgan fingerprint density at radius 1 is 1.07 bits per heavy atom. The molecule has 0 spiro atoms. The highest BCUT2D eigenvalue weighted by molar-refractivity contribution is 7.92. The summed E-state index contributed by atoms with van der Waals surface area (Å²) in [5.74, 6) is -0.845. The molecule has 2 aliphatic heterocycles. The van der Waals surface area contributed by atoms with Crippen molar-refractivity contribution < 1.29 is 32.0 Å². The Hall–Kier alpha value is -2.96. The number of likely N-dealkylation sites (N-methyl/N-ethyl adjacent to an activating group) is 1. The third-order valence-electron chi connectivity index (χ3n) is 8.47. The van der Waals surface area contributed by atoms with Gasteiger partial charge in [-0.3, -0.25) is 14.5 Å². The lowest BCUT2D eigenvalue weighted by atomic mass is 10.1. The fraction of sp³-hybridized carbons (Fsp3) is 0.581. The maximum absolute atomic E-state index is 14.1. The first kappa shape index (κ1) is 34.5. The third-order valence-corrected chi connectivity index (χ3v) is 15.0. The molecule has 10 nitrogen and oxygen atoms in total. The summed E-state index contributed by atoms with van der Waals surface area (Å²) in [6.07, 6.45) is 2.85. The van der Waals surface area contributed by atoms with Gasteiger partial charge in [-0.05, 0) is 37.0 Å². The molecule has 0 saturated heterocycles. The number of carbonyl (C=O) groups is 3. The van der Waals surface area contributed by atoms with Crippen molar-refractivity contribution in [2.45, 2.75) is 76.5 Å². The van der Waals surface area contributed by atoms with E-state index in [-0.39, 0.29) is 67.3 Å². The maximum Gasteiger partial charge on any atom is 0.414 e. The van der Waals surface area contributed by atoms with Crippen LogP contribution in [0.4, 0.5) is 4.79 Å². The van der Waals surface area contributed by atoms with Crippen molar-refractivity contribution in [1.82, 2.24) is 14.7 Å². The van der Waals surface area contributed by atoms with E-state index in [0.717, 1.165) is 5.56 Å². The van der Waals surface area contributed by atoms with Crippen LogP contribution in [0.25, 0.3) is 0 Å². The van der Waals surface area contributed by atoms with E-state index in [1.807, 2.05) is 30.3 Å². The van der Waals surface area contributed by atoms with E-state index >= 15 is 0 Å². The summed E-state index contributed by atoms with van der Waals surface area (Å²) in [7, 11) is -2.53. The molecule has 1 unspecified atom stereocenters. The number of sulfone groups is 1. The molecule has 2 heterocycles. The molecule has 3 rings (SSSR count). The Kier molecular flexibility index (Phi) is 11.1.